The molecule has 1 aliphatic heterocycles. The lowest BCUT2D eigenvalue weighted by Crippen LogP contribution is -2.46. The highest BCUT2D eigenvalue weighted by Crippen LogP contribution is 2.42. The number of para-hydroxylation sites is 2. The van der Waals surface area contributed by atoms with Crippen molar-refractivity contribution >= 4 is 22.7 Å². The Labute approximate surface area is 153 Å². The number of thiophene rings is 1. The van der Waals surface area contributed by atoms with Crippen LogP contribution in [0.3, 0.4) is 0 Å². The van der Waals surface area contributed by atoms with Crippen LogP contribution in [0.25, 0.3) is 0 Å². The van der Waals surface area contributed by atoms with E-state index in [1.807, 2.05) is 11.3 Å². The lowest BCUT2D eigenvalue weighted by molar-refractivity contribution is 0.603. The molecule has 0 saturated heterocycles. The molecule has 4 rings (SSSR count). The Kier molecular flexibility index (Phi) is 4.33. The van der Waals surface area contributed by atoms with Crippen molar-refractivity contribution in [1.82, 2.24) is 0 Å². The topological polar surface area (TPSA) is 6.48 Å². The van der Waals surface area contributed by atoms with E-state index in [0.717, 1.165) is 6.54 Å². The second-order valence-corrected chi connectivity index (χ2v) is 7.40. The van der Waals surface area contributed by atoms with Crippen LogP contribution < -0.4 is 9.80 Å². The number of anilines is 2. The van der Waals surface area contributed by atoms with Crippen LogP contribution in [0.1, 0.15) is 24.9 Å². The molecule has 126 valence electrons. The van der Waals surface area contributed by atoms with Gasteiger partial charge in [-0.1, -0.05) is 42.5 Å². The highest BCUT2D eigenvalue weighted by Gasteiger charge is 2.34. The van der Waals surface area contributed by atoms with E-state index in [-0.39, 0.29) is 6.17 Å². The van der Waals surface area contributed by atoms with Crippen molar-refractivity contribution in [2.45, 2.75) is 20.0 Å². The highest BCUT2D eigenvalue weighted by atomic mass is 32.1. The Morgan fingerprint density at radius 3 is 2.04 bits per heavy atom. The molecule has 3 aromatic rings. The minimum Gasteiger partial charge on any atom is -0.342 e. The van der Waals surface area contributed by atoms with Gasteiger partial charge in [0.25, 0.3) is 0 Å². The maximum Gasteiger partial charge on any atom is 0.142 e. The zero-order valence-electron chi connectivity index (χ0n) is 14.6. The van der Waals surface area contributed by atoms with Crippen LogP contribution in [-0.4, -0.2) is 6.54 Å². The van der Waals surface area contributed by atoms with Crippen molar-refractivity contribution in [2.75, 3.05) is 16.3 Å². The van der Waals surface area contributed by atoms with Gasteiger partial charge >= 0.3 is 0 Å². The molecule has 1 aliphatic rings. The smallest absolute Gasteiger partial charge is 0.142 e. The fourth-order valence-electron chi connectivity index (χ4n) is 3.48. The second-order valence-electron chi connectivity index (χ2n) is 6.42. The summed E-state index contributed by atoms with van der Waals surface area (Å²) in [7, 11) is 0. The number of benzene rings is 2. The molecule has 25 heavy (non-hydrogen) atoms. The first-order valence-corrected chi connectivity index (χ1v) is 9.49. The fraction of sp³-hybridized carbons (Fsp3) is 0.182. The van der Waals surface area contributed by atoms with E-state index < -0.39 is 0 Å². The molecule has 2 aromatic carbocycles. The standard InChI is InChI=1S/C22H22N2S/c1-17-16-23(19-10-5-3-6-11-19)22(21-14-9-15-25-21)24(18(17)2)20-12-7-4-8-13-20/h3-15,22H,16H2,1-2H3. The molecule has 0 spiro atoms. The van der Waals surface area contributed by atoms with Crippen LogP contribution in [0.5, 0.6) is 0 Å². The maximum atomic E-state index is 2.50. The molecular weight excluding hydrogens is 324 g/mol. The molecule has 2 nitrogen and oxygen atoms in total. The summed E-state index contributed by atoms with van der Waals surface area (Å²) >= 11 is 1.82. The van der Waals surface area contributed by atoms with E-state index in [1.165, 1.54) is 27.5 Å². The van der Waals surface area contributed by atoms with Gasteiger partial charge in [-0.05, 0) is 55.1 Å². The molecule has 1 aromatic heterocycles. The van der Waals surface area contributed by atoms with Crippen molar-refractivity contribution in [3.8, 4) is 0 Å². The second kappa shape index (κ2) is 6.77. The van der Waals surface area contributed by atoms with E-state index in [1.54, 1.807) is 0 Å². The van der Waals surface area contributed by atoms with Crippen LogP contribution >= 0.6 is 11.3 Å². The third kappa shape index (κ3) is 2.96. The Hall–Kier alpha value is -2.52. The predicted octanol–water partition coefficient (Wildman–Crippen LogP) is 6.07. The molecule has 0 aliphatic carbocycles. The molecule has 0 bridgehead atoms. The number of nitrogens with zero attached hydrogens (tertiary/aromatic N) is 2. The van der Waals surface area contributed by atoms with Gasteiger partial charge in [-0.2, -0.15) is 0 Å². The summed E-state index contributed by atoms with van der Waals surface area (Å²) in [6.07, 6.45) is 0.175. The average molecular weight is 346 g/mol. The van der Waals surface area contributed by atoms with E-state index in [9.17, 15) is 0 Å². The summed E-state index contributed by atoms with van der Waals surface area (Å²) in [5.41, 5.74) is 5.24. The van der Waals surface area contributed by atoms with Gasteiger partial charge in [-0.3, -0.25) is 0 Å². The van der Waals surface area contributed by atoms with Crippen molar-refractivity contribution in [3.05, 3.63) is 94.3 Å². The lowest BCUT2D eigenvalue weighted by Gasteiger charge is -2.47. The Morgan fingerprint density at radius 1 is 0.800 bits per heavy atom. The van der Waals surface area contributed by atoms with Crippen molar-refractivity contribution < 1.29 is 0 Å². The Balaban J connectivity index is 1.89. The number of hydrogen-bond donors (Lipinski definition) is 0. The van der Waals surface area contributed by atoms with Gasteiger partial charge in [0.15, 0.2) is 0 Å². The summed E-state index contributed by atoms with van der Waals surface area (Å²) in [6, 6.07) is 25.8. The summed E-state index contributed by atoms with van der Waals surface area (Å²) in [4.78, 5) is 6.33. The van der Waals surface area contributed by atoms with Crippen LogP contribution in [0.15, 0.2) is 89.4 Å². The largest absolute Gasteiger partial charge is 0.342 e. The van der Waals surface area contributed by atoms with Crippen molar-refractivity contribution in [3.63, 3.8) is 0 Å². The predicted molar refractivity (Wildman–Crippen MR) is 108 cm³/mol. The molecule has 0 radical (unpaired) electrons. The van der Waals surface area contributed by atoms with Gasteiger partial charge in [0.05, 0.1) is 0 Å². The van der Waals surface area contributed by atoms with Crippen LogP contribution in [0, 0.1) is 0 Å². The zero-order valence-corrected chi connectivity index (χ0v) is 15.4. The van der Waals surface area contributed by atoms with Gasteiger partial charge in [0, 0.05) is 28.5 Å². The number of rotatable bonds is 3. The maximum absolute atomic E-state index is 2.50. The first-order valence-electron chi connectivity index (χ1n) is 8.61. The van der Waals surface area contributed by atoms with Gasteiger partial charge in [0.2, 0.25) is 0 Å². The van der Waals surface area contributed by atoms with Crippen LogP contribution in [0.2, 0.25) is 0 Å². The molecular formula is C22H22N2S. The van der Waals surface area contributed by atoms with Gasteiger partial charge < -0.3 is 9.80 Å². The third-order valence-corrected chi connectivity index (χ3v) is 5.76. The van der Waals surface area contributed by atoms with Crippen LogP contribution in [0.4, 0.5) is 11.4 Å². The normalized spacial score (nSPS) is 17.9. The summed E-state index contributed by atoms with van der Waals surface area (Å²) in [6.45, 7) is 5.43. The summed E-state index contributed by atoms with van der Waals surface area (Å²) in [5.74, 6) is 0. The Morgan fingerprint density at radius 2 is 1.44 bits per heavy atom. The van der Waals surface area contributed by atoms with Crippen LogP contribution in [-0.2, 0) is 0 Å². The quantitative estimate of drug-likeness (QED) is 0.568. The molecule has 0 amide bonds. The monoisotopic (exact) mass is 346 g/mol. The average Bonchev–Trinajstić information content (AvgIpc) is 3.19. The van der Waals surface area contributed by atoms with E-state index in [4.69, 9.17) is 0 Å². The van der Waals surface area contributed by atoms with Crippen molar-refractivity contribution in [1.29, 1.82) is 0 Å². The minimum absolute atomic E-state index is 0.175. The Bertz CT molecular complexity index is 854. The van der Waals surface area contributed by atoms with E-state index >= 15 is 0 Å². The minimum atomic E-state index is 0.175. The van der Waals surface area contributed by atoms with E-state index in [2.05, 4.69) is 102 Å². The SMILES string of the molecule is CC1=C(C)N(c2ccccc2)C(c2cccs2)N(c2ccccc2)C1. The third-order valence-electron chi connectivity index (χ3n) is 4.85. The van der Waals surface area contributed by atoms with Gasteiger partial charge in [-0.25, -0.2) is 0 Å². The number of allylic oxidation sites excluding steroid dienone is 1. The van der Waals surface area contributed by atoms with E-state index in [0.29, 0.717) is 0 Å². The van der Waals surface area contributed by atoms with Gasteiger partial charge in [-0.15, -0.1) is 11.3 Å². The fourth-order valence-corrected chi connectivity index (χ4v) is 4.31. The molecule has 1 unspecified atom stereocenters. The van der Waals surface area contributed by atoms with Gasteiger partial charge in [0.1, 0.15) is 6.17 Å². The first-order chi connectivity index (χ1) is 12.3. The molecule has 0 N–H and O–H groups in total. The van der Waals surface area contributed by atoms with Crippen molar-refractivity contribution in [2.24, 2.45) is 0 Å². The molecule has 0 fully saturated rings. The molecule has 3 heteroatoms. The molecule has 0 saturated carbocycles. The zero-order chi connectivity index (χ0) is 17.2. The highest BCUT2D eigenvalue weighted by molar-refractivity contribution is 7.10. The molecule has 1 atom stereocenters. The summed E-state index contributed by atoms with van der Waals surface area (Å²) in [5, 5.41) is 2.17. The summed E-state index contributed by atoms with van der Waals surface area (Å²) < 4.78 is 0. The molecule has 2 heterocycles. The lowest BCUT2D eigenvalue weighted by atomic mass is 10.1. The number of hydrogen-bond acceptors (Lipinski definition) is 3. The first kappa shape index (κ1) is 16.0.